The summed E-state index contributed by atoms with van der Waals surface area (Å²) in [5, 5.41) is 5.12. The molecule has 3 heterocycles. The Morgan fingerprint density at radius 3 is 2.75 bits per heavy atom. The first-order valence-corrected chi connectivity index (χ1v) is 11.1. The maximum Gasteiger partial charge on any atom is 0.414 e. The first-order valence-electron chi connectivity index (χ1n) is 10.2. The Balaban J connectivity index is 1.28. The van der Waals surface area contributed by atoms with Crippen molar-refractivity contribution in [3.8, 4) is 17.2 Å². The Hall–Kier alpha value is -3.65. The van der Waals surface area contributed by atoms with Crippen LogP contribution in [0, 0.1) is 6.92 Å². The van der Waals surface area contributed by atoms with Gasteiger partial charge in [0.1, 0.15) is 11.5 Å². The summed E-state index contributed by atoms with van der Waals surface area (Å²) in [6.07, 6.45) is -0.544. The van der Waals surface area contributed by atoms with Crippen LogP contribution in [0.3, 0.4) is 0 Å². The predicted octanol–water partition coefficient (Wildman–Crippen LogP) is 4.66. The van der Waals surface area contributed by atoms with Crippen LogP contribution in [0.25, 0.3) is 21.5 Å². The zero-order valence-corrected chi connectivity index (χ0v) is 18.1. The average molecular weight is 449 g/mol. The molecular weight excluding hydrogens is 428 g/mol. The number of thiophene rings is 1. The van der Waals surface area contributed by atoms with Gasteiger partial charge in [0.25, 0.3) is 5.91 Å². The van der Waals surface area contributed by atoms with Crippen molar-refractivity contribution in [2.75, 3.05) is 6.61 Å². The number of nitrogens with zero attached hydrogens (tertiary/aromatic N) is 1. The lowest BCUT2D eigenvalue weighted by molar-refractivity contribution is -0.123. The van der Waals surface area contributed by atoms with Crippen molar-refractivity contribution in [1.82, 2.24) is 10.3 Å². The number of carbonyl (C=O) groups is 2. The number of nitrogens with one attached hydrogen (secondary N) is 1. The Bertz CT molecular complexity index is 1290. The molecule has 1 unspecified atom stereocenters. The molecule has 1 aliphatic heterocycles. The van der Waals surface area contributed by atoms with Crippen LogP contribution < -0.4 is 10.1 Å². The highest BCUT2D eigenvalue weighted by Gasteiger charge is 2.32. The highest BCUT2D eigenvalue weighted by atomic mass is 32.1. The predicted molar refractivity (Wildman–Crippen MR) is 120 cm³/mol. The number of cyclic esters (lactones) is 1. The van der Waals surface area contributed by atoms with Crippen LogP contribution >= 0.6 is 11.3 Å². The van der Waals surface area contributed by atoms with Gasteiger partial charge in [0.05, 0.1) is 12.3 Å². The number of aromatic nitrogens is 1. The minimum atomic E-state index is -0.798. The molecule has 1 aliphatic rings. The fraction of sp³-hybridized carbons (Fsp3) is 0.208. The van der Waals surface area contributed by atoms with Crippen molar-refractivity contribution >= 4 is 33.4 Å². The summed E-state index contributed by atoms with van der Waals surface area (Å²) in [6, 6.07) is 15.6. The van der Waals surface area contributed by atoms with Crippen LogP contribution in [0.4, 0.5) is 4.79 Å². The second-order valence-electron chi connectivity index (χ2n) is 7.46. The quantitative estimate of drug-likeness (QED) is 0.442. The van der Waals surface area contributed by atoms with Gasteiger partial charge in [0, 0.05) is 28.5 Å². The van der Waals surface area contributed by atoms with E-state index in [0.29, 0.717) is 25.3 Å². The SMILES string of the molecule is Cc1oc(-c2ccccc2)nc1CCOc1ccc(CC2OC(=O)NC2=O)c2sccc12. The smallest absolute Gasteiger partial charge is 0.414 e. The zero-order valence-electron chi connectivity index (χ0n) is 17.3. The molecule has 7 nitrogen and oxygen atoms in total. The van der Waals surface area contributed by atoms with Gasteiger partial charge in [0.15, 0.2) is 6.10 Å². The number of rotatable bonds is 7. The lowest BCUT2D eigenvalue weighted by atomic mass is 10.1. The van der Waals surface area contributed by atoms with E-state index in [4.69, 9.17) is 13.9 Å². The third-order valence-corrected chi connectivity index (χ3v) is 6.33. The molecule has 32 heavy (non-hydrogen) atoms. The molecular formula is C24H20N2O5S. The van der Waals surface area contributed by atoms with E-state index in [2.05, 4.69) is 10.3 Å². The number of oxazole rings is 1. The highest BCUT2D eigenvalue weighted by Crippen LogP contribution is 2.34. The monoisotopic (exact) mass is 448 g/mol. The molecule has 2 amide bonds. The van der Waals surface area contributed by atoms with Crippen LogP contribution in [-0.2, 0) is 22.4 Å². The summed E-state index contributed by atoms with van der Waals surface area (Å²) in [4.78, 5) is 27.7. The standard InChI is InChI=1S/C24H20N2O5S/c1-14-18(25-23(30-14)15-5-3-2-4-6-15)9-11-29-19-8-7-16(21-17(19)10-12-32-21)13-20-22(27)26-24(28)31-20/h2-8,10,12,20H,9,11,13H2,1H3,(H,26,27,28). The molecule has 1 fully saturated rings. The second-order valence-corrected chi connectivity index (χ2v) is 8.38. The van der Waals surface area contributed by atoms with E-state index >= 15 is 0 Å². The van der Waals surface area contributed by atoms with E-state index in [9.17, 15) is 9.59 Å². The Morgan fingerprint density at radius 2 is 1.97 bits per heavy atom. The van der Waals surface area contributed by atoms with Crippen LogP contribution in [0.15, 0.2) is 58.3 Å². The number of ether oxygens (including phenoxy) is 2. The van der Waals surface area contributed by atoms with E-state index < -0.39 is 18.1 Å². The van der Waals surface area contributed by atoms with Crippen LogP contribution in [0.5, 0.6) is 5.75 Å². The Labute approximate surface area is 188 Å². The summed E-state index contributed by atoms with van der Waals surface area (Å²) in [7, 11) is 0. The number of aryl methyl sites for hydroxylation is 1. The van der Waals surface area contributed by atoms with Crippen molar-refractivity contribution in [2.24, 2.45) is 0 Å². The van der Waals surface area contributed by atoms with E-state index in [1.54, 1.807) is 11.3 Å². The Morgan fingerprint density at radius 1 is 1.12 bits per heavy atom. The molecule has 0 saturated carbocycles. The van der Waals surface area contributed by atoms with Gasteiger partial charge in [-0.25, -0.2) is 9.78 Å². The molecule has 2 aromatic heterocycles. The topological polar surface area (TPSA) is 90.7 Å². The summed E-state index contributed by atoms with van der Waals surface area (Å²) < 4.78 is 18.0. The minimum Gasteiger partial charge on any atom is -0.493 e. The zero-order chi connectivity index (χ0) is 22.1. The van der Waals surface area contributed by atoms with Crippen LogP contribution in [-0.4, -0.2) is 29.7 Å². The summed E-state index contributed by atoms with van der Waals surface area (Å²) in [5.41, 5.74) is 2.76. The molecule has 5 rings (SSSR count). The largest absolute Gasteiger partial charge is 0.493 e. The number of hydrogen-bond acceptors (Lipinski definition) is 7. The molecule has 162 valence electrons. The van der Waals surface area contributed by atoms with Crippen molar-refractivity contribution in [3.05, 3.63) is 70.9 Å². The number of benzene rings is 2. The van der Waals surface area contributed by atoms with Crippen LogP contribution in [0.1, 0.15) is 17.0 Å². The van der Waals surface area contributed by atoms with E-state index in [-0.39, 0.29) is 0 Å². The second kappa shape index (κ2) is 8.47. The fourth-order valence-electron chi connectivity index (χ4n) is 3.73. The number of alkyl carbamates (subject to hydrolysis) is 1. The Kier molecular flexibility index (Phi) is 5.36. The maximum absolute atomic E-state index is 11.8. The van der Waals surface area contributed by atoms with Gasteiger partial charge in [-0.05, 0) is 42.1 Å². The van der Waals surface area contributed by atoms with Crippen molar-refractivity contribution < 1.29 is 23.5 Å². The fourth-order valence-corrected chi connectivity index (χ4v) is 4.67. The number of carbonyl (C=O) groups excluding carboxylic acids is 2. The summed E-state index contributed by atoms with van der Waals surface area (Å²) >= 11 is 1.57. The molecule has 8 heteroatoms. The average Bonchev–Trinajstić information content (AvgIpc) is 3.50. The summed E-state index contributed by atoms with van der Waals surface area (Å²) in [6.45, 7) is 2.36. The van der Waals surface area contributed by atoms with Gasteiger partial charge >= 0.3 is 6.09 Å². The molecule has 0 radical (unpaired) electrons. The van der Waals surface area contributed by atoms with E-state index in [0.717, 1.165) is 38.4 Å². The first-order chi connectivity index (χ1) is 15.6. The van der Waals surface area contributed by atoms with E-state index in [1.807, 2.05) is 60.8 Å². The lowest BCUT2D eigenvalue weighted by Gasteiger charge is -2.11. The maximum atomic E-state index is 11.8. The van der Waals surface area contributed by atoms with Gasteiger partial charge in [-0.2, -0.15) is 0 Å². The summed E-state index contributed by atoms with van der Waals surface area (Å²) in [5.74, 6) is 1.76. The van der Waals surface area contributed by atoms with Gasteiger partial charge < -0.3 is 13.9 Å². The molecule has 4 aromatic rings. The molecule has 0 bridgehead atoms. The highest BCUT2D eigenvalue weighted by molar-refractivity contribution is 7.17. The molecule has 1 atom stereocenters. The van der Waals surface area contributed by atoms with Crippen molar-refractivity contribution in [3.63, 3.8) is 0 Å². The molecule has 1 saturated heterocycles. The molecule has 0 aliphatic carbocycles. The molecule has 2 aromatic carbocycles. The van der Waals surface area contributed by atoms with Crippen LogP contribution in [0.2, 0.25) is 0 Å². The van der Waals surface area contributed by atoms with Crippen molar-refractivity contribution in [1.29, 1.82) is 0 Å². The van der Waals surface area contributed by atoms with Gasteiger partial charge in [-0.1, -0.05) is 24.3 Å². The van der Waals surface area contributed by atoms with E-state index in [1.165, 1.54) is 0 Å². The third-order valence-electron chi connectivity index (χ3n) is 5.34. The lowest BCUT2D eigenvalue weighted by Crippen LogP contribution is -2.25. The van der Waals surface area contributed by atoms with Gasteiger partial charge in [0.2, 0.25) is 5.89 Å². The normalized spacial score (nSPS) is 15.7. The molecule has 0 spiro atoms. The molecule has 1 N–H and O–H groups in total. The number of fused-ring (bicyclic) bond motifs is 1. The van der Waals surface area contributed by atoms with Gasteiger partial charge in [-0.3, -0.25) is 10.1 Å². The number of imide groups is 1. The van der Waals surface area contributed by atoms with Gasteiger partial charge in [-0.15, -0.1) is 11.3 Å². The first kappa shape index (κ1) is 20.3. The minimum absolute atomic E-state index is 0.329. The van der Waals surface area contributed by atoms with Crippen molar-refractivity contribution in [2.45, 2.75) is 25.9 Å². The number of hydrogen-bond donors (Lipinski definition) is 1. The number of amides is 2. The third kappa shape index (κ3) is 3.97.